The van der Waals surface area contributed by atoms with Gasteiger partial charge in [0.15, 0.2) is 0 Å². The number of alkyl halides is 2. The van der Waals surface area contributed by atoms with Gasteiger partial charge in [-0.05, 0) is 6.92 Å². The van der Waals surface area contributed by atoms with E-state index < -0.39 is 23.0 Å². The fourth-order valence-corrected chi connectivity index (χ4v) is 2.64. The molecule has 0 bridgehead atoms. The predicted octanol–water partition coefficient (Wildman–Crippen LogP) is 1.63. The lowest BCUT2D eigenvalue weighted by atomic mass is 10.3. The molecule has 1 heterocycles. The SMILES string of the molecule is Cc1oc(CNC(C)C)cc1S(=O)(=O)NCC(F)F. The van der Waals surface area contributed by atoms with Gasteiger partial charge in [-0.1, -0.05) is 13.8 Å². The van der Waals surface area contributed by atoms with E-state index in [2.05, 4.69) is 5.32 Å². The highest BCUT2D eigenvalue weighted by molar-refractivity contribution is 7.89. The van der Waals surface area contributed by atoms with E-state index in [0.717, 1.165) is 0 Å². The Morgan fingerprint density at radius 1 is 1.37 bits per heavy atom. The monoisotopic (exact) mass is 296 g/mol. The third-order valence-corrected chi connectivity index (χ3v) is 3.86. The average molecular weight is 296 g/mol. The van der Waals surface area contributed by atoms with Crippen LogP contribution in [-0.4, -0.2) is 27.4 Å². The van der Waals surface area contributed by atoms with Gasteiger partial charge in [0, 0.05) is 12.1 Å². The Morgan fingerprint density at radius 3 is 2.53 bits per heavy atom. The maximum atomic E-state index is 12.0. The number of hydrogen-bond donors (Lipinski definition) is 2. The molecule has 0 aliphatic heterocycles. The van der Waals surface area contributed by atoms with E-state index in [1.807, 2.05) is 18.6 Å². The Bertz CT molecular complexity index is 512. The number of nitrogens with one attached hydrogen (secondary N) is 2. The van der Waals surface area contributed by atoms with Gasteiger partial charge >= 0.3 is 0 Å². The molecule has 0 saturated carbocycles. The quantitative estimate of drug-likeness (QED) is 0.802. The molecule has 1 rings (SSSR count). The Labute approximate surface area is 111 Å². The highest BCUT2D eigenvalue weighted by Crippen LogP contribution is 2.20. The third-order valence-electron chi connectivity index (χ3n) is 2.32. The first-order valence-electron chi connectivity index (χ1n) is 5.83. The molecule has 0 spiro atoms. The van der Waals surface area contributed by atoms with Crippen LogP contribution in [0, 0.1) is 6.92 Å². The van der Waals surface area contributed by atoms with Crippen LogP contribution < -0.4 is 10.0 Å². The van der Waals surface area contributed by atoms with Crippen molar-refractivity contribution in [1.82, 2.24) is 10.0 Å². The highest BCUT2D eigenvalue weighted by Gasteiger charge is 2.22. The van der Waals surface area contributed by atoms with E-state index in [-0.39, 0.29) is 16.7 Å². The zero-order valence-corrected chi connectivity index (χ0v) is 11.9. The highest BCUT2D eigenvalue weighted by atomic mass is 32.2. The van der Waals surface area contributed by atoms with E-state index in [9.17, 15) is 17.2 Å². The van der Waals surface area contributed by atoms with E-state index >= 15 is 0 Å². The number of hydrogen-bond acceptors (Lipinski definition) is 4. The molecule has 0 aromatic carbocycles. The van der Waals surface area contributed by atoms with Gasteiger partial charge in [0.25, 0.3) is 6.43 Å². The van der Waals surface area contributed by atoms with Gasteiger partial charge in [-0.3, -0.25) is 0 Å². The van der Waals surface area contributed by atoms with Crippen molar-refractivity contribution in [2.24, 2.45) is 0 Å². The van der Waals surface area contributed by atoms with Crippen LogP contribution in [0.4, 0.5) is 8.78 Å². The van der Waals surface area contributed by atoms with Crippen LogP contribution in [0.3, 0.4) is 0 Å². The summed E-state index contributed by atoms with van der Waals surface area (Å²) in [5.41, 5.74) is 0. The smallest absolute Gasteiger partial charge is 0.251 e. The summed E-state index contributed by atoms with van der Waals surface area (Å²) in [5, 5.41) is 3.08. The number of sulfonamides is 1. The minimum Gasteiger partial charge on any atom is -0.464 e. The second-order valence-electron chi connectivity index (χ2n) is 4.41. The van der Waals surface area contributed by atoms with Crippen molar-refractivity contribution in [3.8, 4) is 0 Å². The first-order chi connectivity index (χ1) is 8.72. The van der Waals surface area contributed by atoms with Crippen molar-refractivity contribution in [2.75, 3.05) is 6.54 Å². The Kier molecular flexibility index (Phi) is 5.45. The maximum absolute atomic E-state index is 12.0. The Morgan fingerprint density at radius 2 is 2.00 bits per heavy atom. The Hall–Kier alpha value is -0.990. The van der Waals surface area contributed by atoms with Crippen molar-refractivity contribution < 1.29 is 21.6 Å². The number of aryl methyl sites for hydroxylation is 1. The molecule has 2 N–H and O–H groups in total. The summed E-state index contributed by atoms with van der Waals surface area (Å²) < 4.78 is 54.8. The van der Waals surface area contributed by atoms with E-state index in [4.69, 9.17) is 4.42 Å². The summed E-state index contributed by atoms with van der Waals surface area (Å²) >= 11 is 0. The summed E-state index contributed by atoms with van der Waals surface area (Å²) in [4.78, 5) is -0.103. The molecule has 0 unspecified atom stereocenters. The number of furan rings is 1. The fraction of sp³-hybridized carbons (Fsp3) is 0.636. The fourth-order valence-electron chi connectivity index (χ4n) is 1.43. The van der Waals surface area contributed by atoms with Gasteiger partial charge in [0.1, 0.15) is 16.4 Å². The first-order valence-corrected chi connectivity index (χ1v) is 7.31. The number of rotatable bonds is 7. The van der Waals surface area contributed by atoms with E-state index in [1.165, 1.54) is 13.0 Å². The molecule has 0 fully saturated rings. The largest absolute Gasteiger partial charge is 0.464 e. The van der Waals surface area contributed by atoms with Crippen LogP contribution >= 0.6 is 0 Å². The molecule has 0 radical (unpaired) electrons. The summed E-state index contributed by atoms with van der Waals surface area (Å²) in [6.45, 7) is 4.83. The van der Waals surface area contributed by atoms with Gasteiger partial charge in [0.2, 0.25) is 10.0 Å². The van der Waals surface area contributed by atoms with Crippen molar-refractivity contribution >= 4 is 10.0 Å². The molecule has 1 aromatic rings. The maximum Gasteiger partial charge on any atom is 0.251 e. The predicted molar refractivity (Wildman–Crippen MR) is 66.6 cm³/mol. The van der Waals surface area contributed by atoms with Gasteiger partial charge < -0.3 is 9.73 Å². The lowest BCUT2D eigenvalue weighted by Crippen LogP contribution is -2.28. The summed E-state index contributed by atoms with van der Waals surface area (Å²) in [6.07, 6.45) is -2.73. The molecule has 0 saturated heterocycles. The summed E-state index contributed by atoms with van der Waals surface area (Å²) in [6, 6.07) is 1.57. The zero-order valence-electron chi connectivity index (χ0n) is 11.0. The normalized spacial score (nSPS) is 12.6. The molecule has 0 aliphatic carbocycles. The average Bonchev–Trinajstić information content (AvgIpc) is 2.66. The minimum absolute atomic E-state index is 0.103. The third kappa shape index (κ3) is 4.88. The molecule has 0 amide bonds. The van der Waals surface area contributed by atoms with Gasteiger partial charge in [-0.25, -0.2) is 21.9 Å². The second-order valence-corrected chi connectivity index (χ2v) is 6.15. The lowest BCUT2D eigenvalue weighted by molar-refractivity contribution is 0.153. The van der Waals surface area contributed by atoms with Gasteiger partial charge in [-0.2, -0.15) is 0 Å². The molecule has 8 heteroatoms. The summed E-state index contributed by atoms with van der Waals surface area (Å²) in [5.74, 6) is 0.631. The minimum atomic E-state index is -3.96. The van der Waals surface area contributed by atoms with Crippen LogP contribution in [0.15, 0.2) is 15.4 Å². The van der Waals surface area contributed by atoms with Crippen LogP contribution in [0.2, 0.25) is 0 Å². The molecular weight excluding hydrogens is 278 g/mol. The molecule has 1 aromatic heterocycles. The topological polar surface area (TPSA) is 71.3 Å². The van der Waals surface area contributed by atoms with Crippen LogP contribution in [0.25, 0.3) is 0 Å². The van der Waals surface area contributed by atoms with Crippen LogP contribution in [-0.2, 0) is 16.6 Å². The lowest BCUT2D eigenvalue weighted by Gasteiger charge is -2.04. The standard InChI is InChI=1S/C11H18F2N2O3S/c1-7(2)14-5-9-4-10(8(3)18-9)19(16,17)15-6-11(12)13/h4,7,11,14-15H,5-6H2,1-3H3. The zero-order chi connectivity index (χ0) is 14.6. The molecule has 5 nitrogen and oxygen atoms in total. The van der Waals surface area contributed by atoms with Crippen LogP contribution in [0.1, 0.15) is 25.4 Å². The molecule has 0 atom stereocenters. The van der Waals surface area contributed by atoms with Crippen molar-refractivity contribution in [2.45, 2.75) is 44.7 Å². The van der Waals surface area contributed by atoms with Crippen LogP contribution in [0.5, 0.6) is 0 Å². The van der Waals surface area contributed by atoms with Crippen molar-refractivity contribution in [3.05, 3.63) is 17.6 Å². The first kappa shape index (κ1) is 16.1. The Balaban J connectivity index is 2.83. The second kappa shape index (κ2) is 6.44. The van der Waals surface area contributed by atoms with E-state index in [1.54, 1.807) is 0 Å². The van der Waals surface area contributed by atoms with Gasteiger partial charge in [-0.15, -0.1) is 0 Å². The van der Waals surface area contributed by atoms with Gasteiger partial charge in [0.05, 0.1) is 13.1 Å². The molecule has 0 aliphatic rings. The van der Waals surface area contributed by atoms with Crippen molar-refractivity contribution in [3.63, 3.8) is 0 Å². The molecule has 19 heavy (non-hydrogen) atoms. The molecular formula is C11H18F2N2O3S. The van der Waals surface area contributed by atoms with Crippen molar-refractivity contribution in [1.29, 1.82) is 0 Å². The van der Waals surface area contributed by atoms with E-state index in [0.29, 0.717) is 12.3 Å². The summed E-state index contributed by atoms with van der Waals surface area (Å²) in [7, 11) is -3.96. The number of halogens is 2. The molecule has 110 valence electrons.